The average molecular weight is 269 g/mol. The van der Waals surface area contributed by atoms with Crippen molar-refractivity contribution < 1.29 is 19.0 Å². The summed E-state index contributed by atoms with van der Waals surface area (Å²) >= 11 is 0. The van der Waals surface area contributed by atoms with Crippen molar-refractivity contribution in [1.82, 2.24) is 5.32 Å². The predicted molar refractivity (Wildman–Crippen MR) is 75.0 cm³/mol. The van der Waals surface area contributed by atoms with Crippen molar-refractivity contribution in [3.8, 4) is 11.5 Å². The molecule has 5 nitrogen and oxygen atoms in total. The molecule has 108 valence electrons. The van der Waals surface area contributed by atoms with Gasteiger partial charge in [-0.25, -0.2) is 4.79 Å². The standard InChI is InChI=1S/C12H17NO4.C2H6/c1-15-10-5-4-9(8-11(10)16-2)6-7-13-12(14)17-3;1-2/h4-5,8H,6-7H2,1-3H3,(H,13,14);1-2H3. The maximum Gasteiger partial charge on any atom is 0.406 e. The van der Waals surface area contributed by atoms with E-state index >= 15 is 0 Å². The van der Waals surface area contributed by atoms with Gasteiger partial charge in [0.2, 0.25) is 0 Å². The van der Waals surface area contributed by atoms with E-state index in [2.05, 4.69) is 10.1 Å². The van der Waals surface area contributed by atoms with Crippen molar-refractivity contribution in [1.29, 1.82) is 0 Å². The average Bonchev–Trinajstić information content (AvgIpc) is 2.48. The molecular formula is C14H23NO4. The third-order valence-electron chi connectivity index (χ3n) is 2.32. The molecule has 1 rings (SSSR count). The molecule has 0 bridgehead atoms. The monoisotopic (exact) mass is 269 g/mol. The third-order valence-corrected chi connectivity index (χ3v) is 2.32. The summed E-state index contributed by atoms with van der Waals surface area (Å²) in [6, 6.07) is 5.66. The lowest BCUT2D eigenvalue weighted by Gasteiger charge is -2.09. The summed E-state index contributed by atoms with van der Waals surface area (Å²) in [7, 11) is 4.52. The molecule has 0 fully saturated rings. The Hall–Kier alpha value is -1.91. The molecule has 0 aromatic heterocycles. The van der Waals surface area contributed by atoms with E-state index in [0.717, 1.165) is 5.56 Å². The van der Waals surface area contributed by atoms with Crippen LogP contribution in [0.3, 0.4) is 0 Å². The molecule has 0 aliphatic heterocycles. The van der Waals surface area contributed by atoms with E-state index in [-0.39, 0.29) is 0 Å². The zero-order valence-electron chi connectivity index (χ0n) is 12.3. The zero-order chi connectivity index (χ0) is 14.7. The quantitative estimate of drug-likeness (QED) is 0.892. The van der Waals surface area contributed by atoms with Gasteiger partial charge in [0.1, 0.15) is 0 Å². The molecular weight excluding hydrogens is 246 g/mol. The summed E-state index contributed by atoms with van der Waals surface area (Å²) in [5.41, 5.74) is 1.05. The van der Waals surface area contributed by atoms with Crippen molar-refractivity contribution in [2.24, 2.45) is 0 Å². The summed E-state index contributed by atoms with van der Waals surface area (Å²) in [5.74, 6) is 1.38. The molecule has 19 heavy (non-hydrogen) atoms. The van der Waals surface area contributed by atoms with Crippen molar-refractivity contribution in [3.63, 3.8) is 0 Å². The van der Waals surface area contributed by atoms with Crippen LogP contribution in [-0.2, 0) is 11.2 Å². The van der Waals surface area contributed by atoms with Gasteiger partial charge in [-0.3, -0.25) is 0 Å². The van der Waals surface area contributed by atoms with Crippen molar-refractivity contribution >= 4 is 6.09 Å². The second-order valence-corrected chi connectivity index (χ2v) is 3.36. The largest absolute Gasteiger partial charge is 0.493 e. The van der Waals surface area contributed by atoms with Gasteiger partial charge in [-0.15, -0.1) is 0 Å². The second-order valence-electron chi connectivity index (χ2n) is 3.36. The highest BCUT2D eigenvalue weighted by Gasteiger charge is 2.05. The van der Waals surface area contributed by atoms with Crippen LogP contribution in [-0.4, -0.2) is 34.0 Å². The Bertz CT molecular complexity index is 380. The number of hydrogen-bond acceptors (Lipinski definition) is 4. The number of rotatable bonds is 5. The van der Waals surface area contributed by atoms with E-state index in [1.54, 1.807) is 14.2 Å². The van der Waals surface area contributed by atoms with Crippen LogP contribution in [0.4, 0.5) is 4.79 Å². The Labute approximate surface area is 114 Å². The van der Waals surface area contributed by atoms with E-state index in [0.29, 0.717) is 24.5 Å². The minimum atomic E-state index is -0.425. The second kappa shape index (κ2) is 10.1. The maximum atomic E-state index is 10.8. The molecule has 0 saturated heterocycles. The van der Waals surface area contributed by atoms with E-state index in [1.165, 1.54) is 7.11 Å². The number of carbonyl (C=O) groups excluding carboxylic acids is 1. The van der Waals surface area contributed by atoms with Gasteiger partial charge in [-0.2, -0.15) is 0 Å². The Morgan fingerprint density at radius 3 is 2.26 bits per heavy atom. The molecule has 1 aromatic carbocycles. The van der Waals surface area contributed by atoms with Crippen LogP contribution >= 0.6 is 0 Å². The Morgan fingerprint density at radius 2 is 1.74 bits per heavy atom. The van der Waals surface area contributed by atoms with Gasteiger partial charge in [-0.1, -0.05) is 19.9 Å². The number of hydrogen-bond donors (Lipinski definition) is 1. The maximum absolute atomic E-state index is 10.8. The minimum absolute atomic E-state index is 0.425. The normalized spacial score (nSPS) is 8.89. The van der Waals surface area contributed by atoms with Crippen molar-refractivity contribution in [3.05, 3.63) is 23.8 Å². The first-order valence-electron chi connectivity index (χ1n) is 6.24. The van der Waals surface area contributed by atoms with E-state index in [9.17, 15) is 4.79 Å². The first-order valence-corrected chi connectivity index (χ1v) is 6.24. The number of carbonyl (C=O) groups is 1. The number of ether oxygens (including phenoxy) is 3. The molecule has 0 saturated carbocycles. The first-order chi connectivity index (χ1) is 9.21. The topological polar surface area (TPSA) is 56.8 Å². The van der Waals surface area contributed by atoms with E-state index in [1.807, 2.05) is 32.0 Å². The molecule has 5 heteroatoms. The van der Waals surface area contributed by atoms with Gasteiger partial charge in [0.05, 0.1) is 21.3 Å². The van der Waals surface area contributed by atoms with Crippen molar-refractivity contribution in [2.75, 3.05) is 27.9 Å². The number of nitrogens with one attached hydrogen (secondary N) is 1. The lowest BCUT2D eigenvalue weighted by Crippen LogP contribution is -2.25. The number of methoxy groups -OCH3 is 3. The summed E-state index contributed by atoms with van der Waals surface area (Å²) in [6.07, 6.45) is 0.278. The molecule has 1 N–H and O–H groups in total. The van der Waals surface area contributed by atoms with Gasteiger partial charge in [0, 0.05) is 6.54 Å². The molecule has 0 spiro atoms. The van der Waals surface area contributed by atoms with Crippen molar-refractivity contribution in [2.45, 2.75) is 20.3 Å². The molecule has 1 amide bonds. The molecule has 0 unspecified atom stereocenters. The summed E-state index contributed by atoms with van der Waals surface area (Å²) in [5, 5.41) is 2.61. The zero-order valence-corrected chi connectivity index (χ0v) is 12.3. The summed E-state index contributed by atoms with van der Waals surface area (Å²) in [4.78, 5) is 10.8. The number of alkyl carbamates (subject to hydrolysis) is 1. The van der Waals surface area contributed by atoms with Crippen LogP contribution < -0.4 is 14.8 Å². The Balaban J connectivity index is 0.00000154. The fraction of sp³-hybridized carbons (Fsp3) is 0.500. The Morgan fingerprint density at radius 1 is 1.11 bits per heavy atom. The molecule has 0 heterocycles. The summed E-state index contributed by atoms with van der Waals surface area (Å²) in [6.45, 7) is 4.52. The Kier molecular flexibility index (Phi) is 9.04. The first kappa shape index (κ1) is 17.1. The molecule has 0 aliphatic carbocycles. The lowest BCUT2D eigenvalue weighted by molar-refractivity contribution is 0.171. The highest BCUT2D eigenvalue weighted by molar-refractivity contribution is 5.66. The van der Waals surface area contributed by atoms with Crippen LogP contribution in [0.5, 0.6) is 11.5 Å². The van der Waals surface area contributed by atoms with Crippen LogP contribution in [0.25, 0.3) is 0 Å². The lowest BCUT2D eigenvalue weighted by atomic mass is 10.1. The summed E-state index contributed by atoms with van der Waals surface area (Å²) < 4.78 is 14.8. The van der Waals surface area contributed by atoms with Crippen LogP contribution in [0.1, 0.15) is 19.4 Å². The van der Waals surface area contributed by atoms with Gasteiger partial charge in [-0.05, 0) is 24.1 Å². The van der Waals surface area contributed by atoms with Gasteiger partial charge in [0.15, 0.2) is 11.5 Å². The van der Waals surface area contributed by atoms with E-state index < -0.39 is 6.09 Å². The fourth-order valence-electron chi connectivity index (χ4n) is 1.42. The molecule has 0 aliphatic rings. The van der Waals surface area contributed by atoms with Gasteiger partial charge in [0.25, 0.3) is 0 Å². The highest BCUT2D eigenvalue weighted by Crippen LogP contribution is 2.27. The minimum Gasteiger partial charge on any atom is -0.493 e. The molecule has 0 radical (unpaired) electrons. The number of amides is 1. The van der Waals surface area contributed by atoms with Crippen LogP contribution in [0.15, 0.2) is 18.2 Å². The third kappa shape index (κ3) is 5.99. The van der Waals surface area contributed by atoms with Crippen LogP contribution in [0.2, 0.25) is 0 Å². The molecule has 0 atom stereocenters. The predicted octanol–water partition coefficient (Wildman–Crippen LogP) is 2.63. The fourth-order valence-corrected chi connectivity index (χ4v) is 1.42. The number of benzene rings is 1. The van der Waals surface area contributed by atoms with Crippen LogP contribution in [0, 0.1) is 0 Å². The highest BCUT2D eigenvalue weighted by atomic mass is 16.5. The van der Waals surface area contributed by atoms with Gasteiger partial charge >= 0.3 is 6.09 Å². The smallest absolute Gasteiger partial charge is 0.406 e. The SMILES string of the molecule is CC.COC(=O)NCCc1ccc(OC)c(OC)c1. The van der Waals surface area contributed by atoms with E-state index in [4.69, 9.17) is 9.47 Å². The van der Waals surface area contributed by atoms with Gasteiger partial charge < -0.3 is 19.5 Å². The molecule has 1 aromatic rings.